The van der Waals surface area contributed by atoms with Crippen molar-refractivity contribution in [2.45, 2.75) is 13.1 Å². The predicted molar refractivity (Wildman–Crippen MR) is 52.1 cm³/mol. The zero-order valence-electron chi connectivity index (χ0n) is 8.71. The molecule has 0 aliphatic heterocycles. The van der Waals surface area contributed by atoms with Crippen molar-refractivity contribution in [1.82, 2.24) is 9.97 Å². The van der Waals surface area contributed by atoms with Gasteiger partial charge < -0.3 is 10.1 Å². The summed E-state index contributed by atoms with van der Waals surface area (Å²) in [7, 11) is 0. The summed E-state index contributed by atoms with van der Waals surface area (Å²) in [6.45, 7) is 0.801. The lowest BCUT2D eigenvalue weighted by Gasteiger charge is -2.08. The maximum atomic E-state index is 11.7. The Bertz CT molecular complexity index is 313. The van der Waals surface area contributed by atoms with Crippen molar-refractivity contribution in [3.63, 3.8) is 0 Å². The Labute approximate surface area is 90.9 Å². The van der Waals surface area contributed by atoms with E-state index in [2.05, 4.69) is 20.0 Å². The van der Waals surface area contributed by atoms with E-state index in [0.717, 1.165) is 5.56 Å². The summed E-state index contributed by atoms with van der Waals surface area (Å²) >= 11 is 0. The Kier molecular flexibility index (Phi) is 4.48. The van der Waals surface area contributed by atoms with Gasteiger partial charge in [-0.15, -0.1) is 0 Å². The number of alkyl halides is 3. The number of nitrogens with one attached hydrogen (secondary N) is 1. The van der Waals surface area contributed by atoms with Crippen molar-refractivity contribution < 1.29 is 17.9 Å². The molecule has 1 rings (SSSR count). The summed E-state index contributed by atoms with van der Waals surface area (Å²) in [5.74, 6) is 0.376. The molecule has 1 aromatic heterocycles. The molecule has 0 saturated carbocycles. The number of hydrogen-bond acceptors (Lipinski definition) is 4. The molecule has 1 aromatic rings. The molecule has 90 valence electrons. The third-order valence-electron chi connectivity index (χ3n) is 1.58. The van der Waals surface area contributed by atoms with Crippen molar-refractivity contribution >= 4 is 5.95 Å². The number of aryl methyl sites for hydroxylation is 1. The van der Waals surface area contributed by atoms with Crippen LogP contribution in [0.1, 0.15) is 5.56 Å². The van der Waals surface area contributed by atoms with Crippen LogP contribution in [0.2, 0.25) is 0 Å². The van der Waals surface area contributed by atoms with Crippen LogP contribution in [0, 0.1) is 6.92 Å². The van der Waals surface area contributed by atoms with Crippen LogP contribution in [0.5, 0.6) is 0 Å². The van der Waals surface area contributed by atoms with Gasteiger partial charge in [-0.2, -0.15) is 13.2 Å². The maximum absolute atomic E-state index is 11.7. The SMILES string of the molecule is Cc1cnc(NCCOCC(F)(F)F)nc1. The average Bonchev–Trinajstić information content (AvgIpc) is 2.19. The first kappa shape index (κ1) is 12.7. The van der Waals surface area contributed by atoms with E-state index >= 15 is 0 Å². The maximum Gasteiger partial charge on any atom is 0.411 e. The van der Waals surface area contributed by atoms with E-state index in [-0.39, 0.29) is 13.2 Å². The van der Waals surface area contributed by atoms with Gasteiger partial charge in [-0.25, -0.2) is 9.97 Å². The summed E-state index contributed by atoms with van der Waals surface area (Å²) in [6, 6.07) is 0. The molecule has 0 fully saturated rings. The van der Waals surface area contributed by atoms with Gasteiger partial charge in [-0.3, -0.25) is 0 Å². The number of aromatic nitrogens is 2. The highest BCUT2D eigenvalue weighted by Crippen LogP contribution is 2.14. The first-order chi connectivity index (χ1) is 7.47. The second kappa shape index (κ2) is 5.64. The van der Waals surface area contributed by atoms with Crippen LogP contribution in [-0.4, -0.2) is 35.9 Å². The van der Waals surface area contributed by atoms with E-state index in [0.29, 0.717) is 5.95 Å². The highest BCUT2D eigenvalue weighted by molar-refractivity contribution is 5.23. The third kappa shape index (κ3) is 5.50. The van der Waals surface area contributed by atoms with Gasteiger partial charge in [-0.1, -0.05) is 0 Å². The lowest BCUT2D eigenvalue weighted by molar-refractivity contribution is -0.172. The van der Waals surface area contributed by atoms with Gasteiger partial charge in [0.1, 0.15) is 6.61 Å². The molecule has 0 spiro atoms. The van der Waals surface area contributed by atoms with Crippen molar-refractivity contribution in [2.75, 3.05) is 25.1 Å². The molecule has 0 amide bonds. The van der Waals surface area contributed by atoms with E-state index < -0.39 is 12.8 Å². The third-order valence-corrected chi connectivity index (χ3v) is 1.58. The van der Waals surface area contributed by atoms with Crippen LogP contribution in [0.25, 0.3) is 0 Å². The average molecular weight is 235 g/mol. The van der Waals surface area contributed by atoms with E-state index in [1.165, 1.54) is 0 Å². The number of hydrogen-bond donors (Lipinski definition) is 1. The molecule has 16 heavy (non-hydrogen) atoms. The normalized spacial score (nSPS) is 11.5. The molecule has 0 aliphatic rings. The van der Waals surface area contributed by atoms with Crippen molar-refractivity contribution in [3.05, 3.63) is 18.0 Å². The number of halogens is 3. The molecule has 4 nitrogen and oxygen atoms in total. The molecule has 0 unspecified atom stereocenters. The largest absolute Gasteiger partial charge is 0.411 e. The Hall–Kier alpha value is -1.37. The number of ether oxygens (including phenoxy) is 1. The monoisotopic (exact) mass is 235 g/mol. The van der Waals surface area contributed by atoms with Crippen LogP contribution >= 0.6 is 0 Å². The van der Waals surface area contributed by atoms with Gasteiger partial charge in [0.15, 0.2) is 0 Å². The first-order valence-electron chi connectivity index (χ1n) is 4.64. The molecule has 1 heterocycles. The lowest BCUT2D eigenvalue weighted by atomic mass is 10.4. The van der Waals surface area contributed by atoms with Crippen LogP contribution in [0.3, 0.4) is 0 Å². The number of rotatable bonds is 5. The van der Waals surface area contributed by atoms with Gasteiger partial charge >= 0.3 is 6.18 Å². The summed E-state index contributed by atoms with van der Waals surface area (Å²) in [6.07, 6.45) is -1.04. The first-order valence-corrected chi connectivity index (χ1v) is 4.64. The van der Waals surface area contributed by atoms with Gasteiger partial charge in [0.2, 0.25) is 5.95 Å². The standard InChI is InChI=1S/C9H12F3N3O/c1-7-4-14-8(15-5-7)13-2-3-16-6-9(10,11)12/h4-5H,2-3,6H2,1H3,(H,13,14,15). The summed E-state index contributed by atoms with van der Waals surface area (Å²) < 4.78 is 39.4. The summed E-state index contributed by atoms with van der Waals surface area (Å²) in [5.41, 5.74) is 0.916. The lowest BCUT2D eigenvalue weighted by Crippen LogP contribution is -2.20. The minimum atomic E-state index is -4.28. The van der Waals surface area contributed by atoms with E-state index in [9.17, 15) is 13.2 Å². The highest BCUT2D eigenvalue weighted by Gasteiger charge is 2.27. The summed E-state index contributed by atoms with van der Waals surface area (Å²) in [5, 5.41) is 2.74. The van der Waals surface area contributed by atoms with Crippen molar-refractivity contribution in [1.29, 1.82) is 0 Å². The Balaban J connectivity index is 2.14. The van der Waals surface area contributed by atoms with Crippen LogP contribution in [0.4, 0.5) is 19.1 Å². The fourth-order valence-electron chi connectivity index (χ4n) is 0.907. The molecule has 0 radical (unpaired) electrons. The van der Waals surface area contributed by atoms with Crippen LogP contribution in [0.15, 0.2) is 12.4 Å². The quantitative estimate of drug-likeness (QED) is 0.790. The molecule has 0 bridgehead atoms. The van der Waals surface area contributed by atoms with Crippen LogP contribution < -0.4 is 5.32 Å². The van der Waals surface area contributed by atoms with Crippen molar-refractivity contribution in [2.24, 2.45) is 0 Å². The zero-order chi connectivity index (χ0) is 12.0. The van der Waals surface area contributed by atoms with Gasteiger partial charge in [0.05, 0.1) is 6.61 Å². The van der Waals surface area contributed by atoms with Gasteiger partial charge in [0, 0.05) is 18.9 Å². The van der Waals surface area contributed by atoms with E-state index in [1.54, 1.807) is 12.4 Å². The zero-order valence-corrected chi connectivity index (χ0v) is 8.71. The molecule has 1 N–H and O–H groups in total. The number of nitrogens with zero attached hydrogens (tertiary/aromatic N) is 2. The summed E-state index contributed by atoms with van der Waals surface area (Å²) in [4.78, 5) is 7.85. The van der Waals surface area contributed by atoms with E-state index in [4.69, 9.17) is 0 Å². The van der Waals surface area contributed by atoms with Gasteiger partial charge in [-0.05, 0) is 12.5 Å². The second-order valence-corrected chi connectivity index (χ2v) is 3.18. The van der Waals surface area contributed by atoms with Gasteiger partial charge in [0.25, 0.3) is 0 Å². The predicted octanol–water partition coefficient (Wildman–Crippen LogP) is 1.78. The minimum Gasteiger partial charge on any atom is -0.370 e. The fourth-order valence-corrected chi connectivity index (χ4v) is 0.907. The fraction of sp³-hybridized carbons (Fsp3) is 0.556. The van der Waals surface area contributed by atoms with Crippen molar-refractivity contribution in [3.8, 4) is 0 Å². The molecular weight excluding hydrogens is 223 g/mol. The number of anilines is 1. The van der Waals surface area contributed by atoms with E-state index in [1.807, 2.05) is 6.92 Å². The topological polar surface area (TPSA) is 47.0 Å². The molecular formula is C9H12F3N3O. The Morgan fingerprint density at radius 2 is 1.94 bits per heavy atom. The minimum absolute atomic E-state index is 0.0449. The van der Waals surface area contributed by atoms with Crippen LogP contribution in [-0.2, 0) is 4.74 Å². The molecule has 0 atom stereocenters. The molecule has 0 aromatic carbocycles. The smallest absolute Gasteiger partial charge is 0.370 e. The molecule has 7 heteroatoms. The second-order valence-electron chi connectivity index (χ2n) is 3.18. The Morgan fingerprint density at radius 3 is 2.50 bits per heavy atom. The molecule has 0 saturated heterocycles. The Morgan fingerprint density at radius 1 is 1.31 bits per heavy atom. The highest BCUT2D eigenvalue weighted by atomic mass is 19.4. The molecule has 0 aliphatic carbocycles.